The zero-order valence-electron chi connectivity index (χ0n) is 11.8. The number of likely N-dealkylation sites (tertiary alicyclic amines) is 1. The monoisotopic (exact) mass is 301 g/mol. The van der Waals surface area contributed by atoms with Gasteiger partial charge in [-0.3, -0.25) is 4.79 Å². The molecule has 3 N–H and O–H groups in total. The number of para-hydroxylation sites is 1. The van der Waals surface area contributed by atoms with Crippen LogP contribution < -0.4 is 5.73 Å². The molecule has 3 rings (SSSR count). The Balaban J connectivity index is 1.66. The van der Waals surface area contributed by atoms with Crippen molar-refractivity contribution in [1.82, 2.24) is 9.88 Å². The Morgan fingerprint density at radius 3 is 2.76 bits per heavy atom. The smallest absolute Gasteiger partial charge is 0.227 e. The van der Waals surface area contributed by atoms with Crippen LogP contribution >= 0.6 is 12.2 Å². The summed E-state index contributed by atoms with van der Waals surface area (Å²) in [6, 6.07) is 8.06. The molecule has 0 unspecified atom stereocenters. The van der Waals surface area contributed by atoms with E-state index >= 15 is 0 Å². The summed E-state index contributed by atoms with van der Waals surface area (Å²) in [7, 11) is 0. The van der Waals surface area contributed by atoms with Crippen LogP contribution in [0.4, 0.5) is 0 Å². The third-order valence-electron chi connectivity index (χ3n) is 4.27. The van der Waals surface area contributed by atoms with Crippen molar-refractivity contribution in [2.75, 3.05) is 13.1 Å². The summed E-state index contributed by atoms with van der Waals surface area (Å²) in [4.78, 5) is 18.2. The SMILES string of the molecule is NC(=S)C1CCN(C(=O)Cc2c[nH]c3ccccc23)CC1. The maximum atomic E-state index is 12.4. The fraction of sp³-hybridized carbons (Fsp3) is 0.375. The fourth-order valence-corrected chi connectivity index (χ4v) is 3.20. The van der Waals surface area contributed by atoms with Crippen molar-refractivity contribution in [3.8, 4) is 0 Å². The molecule has 1 aromatic heterocycles. The molecule has 110 valence electrons. The standard InChI is InChI=1S/C16H19N3OS/c17-16(21)11-5-7-19(8-6-11)15(20)9-12-10-18-14-4-2-1-3-13(12)14/h1-4,10-11,18H,5-9H2,(H2,17,21). The first-order chi connectivity index (χ1) is 10.1. The molecule has 0 saturated carbocycles. The average Bonchev–Trinajstić information content (AvgIpc) is 2.91. The van der Waals surface area contributed by atoms with Gasteiger partial charge in [0.15, 0.2) is 0 Å². The van der Waals surface area contributed by atoms with Gasteiger partial charge in [0.05, 0.1) is 11.4 Å². The van der Waals surface area contributed by atoms with Gasteiger partial charge in [-0.25, -0.2) is 0 Å². The van der Waals surface area contributed by atoms with Gasteiger partial charge in [-0.1, -0.05) is 30.4 Å². The number of amides is 1. The number of aromatic nitrogens is 1. The maximum Gasteiger partial charge on any atom is 0.227 e. The number of carbonyl (C=O) groups is 1. The summed E-state index contributed by atoms with van der Waals surface area (Å²) < 4.78 is 0. The van der Waals surface area contributed by atoms with Crippen LogP contribution in [0.25, 0.3) is 10.9 Å². The third-order valence-corrected chi connectivity index (χ3v) is 4.60. The van der Waals surface area contributed by atoms with Gasteiger partial charge in [0.25, 0.3) is 0 Å². The molecule has 0 spiro atoms. The Hall–Kier alpha value is -1.88. The predicted octanol–water partition coefficient (Wildman–Crippen LogP) is 2.24. The number of piperidine rings is 1. The zero-order valence-corrected chi connectivity index (χ0v) is 12.7. The molecule has 5 heteroatoms. The van der Waals surface area contributed by atoms with Gasteiger partial charge in [0, 0.05) is 36.1 Å². The average molecular weight is 301 g/mol. The Morgan fingerprint density at radius 2 is 2.05 bits per heavy atom. The first kappa shape index (κ1) is 14.1. The highest BCUT2D eigenvalue weighted by molar-refractivity contribution is 7.80. The van der Waals surface area contributed by atoms with Crippen LogP contribution in [0.5, 0.6) is 0 Å². The summed E-state index contributed by atoms with van der Waals surface area (Å²) in [6.45, 7) is 1.51. The van der Waals surface area contributed by atoms with E-state index in [0.717, 1.165) is 42.4 Å². The predicted molar refractivity (Wildman–Crippen MR) is 88.1 cm³/mol. The van der Waals surface area contributed by atoms with Gasteiger partial charge < -0.3 is 15.6 Å². The van der Waals surface area contributed by atoms with Gasteiger partial charge in [0.2, 0.25) is 5.91 Å². The number of aromatic amines is 1. The molecule has 1 fully saturated rings. The number of nitrogens with one attached hydrogen (secondary N) is 1. The van der Waals surface area contributed by atoms with Crippen molar-refractivity contribution < 1.29 is 4.79 Å². The summed E-state index contributed by atoms with van der Waals surface area (Å²) in [6.07, 6.45) is 4.15. The Kier molecular flexibility index (Phi) is 3.92. The summed E-state index contributed by atoms with van der Waals surface area (Å²) >= 11 is 5.04. The van der Waals surface area contributed by atoms with Crippen LogP contribution in [-0.4, -0.2) is 33.9 Å². The molecular formula is C16H19N3OS. The van der Waals surface area contributed by atoms with E-state index in [1.54, 1.807) is 0 Å². The third kappa shape index (κ3) is 2.93. The highest BCUT2D eigenvalue weighted by Gasteiger charge is 2.24. The Bertz CT molecular complexity index is 671. The van der Waals surface area contributed by atoms with Crippen LogP contribution in [0.1, 0.15) is 18.4 Å². The zero-order chi connectivity index (χ0) is 14.8. The van der Waals surface area contributed by atoms with Gasteiger partial charge in [-0.15, -0.1) is 0 Å². The highest BCUT2D eigenvalue weighted by atomic mass is 32.1. The molecule has 0 radical (unpaired) electrons. The van der Waals surface area contributed by atoms with E-state index in [1.165, 1.54) is 0 Å². The number of nitrogens with zero attached hydrogens (tertiary/aromatic N) is 1. The number of rotatable bonds is 3. The second-order valence-electron chi connectivity index (χ2n) is 5.59. The van der Waals surface area contributed by atoms with E-state index in [4.69, 9.17) is 18.0 Å². The lowest BCUT2D eigenvalue weighted by Crippen LogP contribution is -2.41. The molecule has 4 nitrogen and oxygen atoms in total. The van der Waals surface area contributed by atoms with Crippen molar-refractivity contribution in [3.05, 3.63) is 36.0 Å². The molecule has 1 aromatic carbocycles. The van der Waals surface area contributed by atoms with E-state index in [1.807, 2.05) is 35.4 Å². The van der Waals surface area contributed by atoms with Crippen LogP contribution in [0.15, 0.2) is 30.5 Å². The van der Waals surface area contributed by atoms with Crippen LogP contribution in [0.2, 0.25) is 0 Å². The molecule has 1 aliphatic heterocycles. The molecule has 0 atom stereocenters. The topological polar surface area (TPSA) is 62.1 Å². The van der Waals surface area contributed by atoms with Gasteiger partial charge in [0.1, 0.15) is 0 Å². The molecule has 2 aromatic rings. The van der Waals surface area contributed by atoms with Crippen molar-refractivity contribution in [2.45, 2.75) is 19.3 Å². The first-order valence-corrected chi connectivity index (χ1v) is 7.68. The number of H-pyrrole nitrogens is 1. The molecule has 0 aliphatic carbocycles. The summed E-state index contributed by atoms with van der Waals surface area (Å²) in [5, 5.41) is 1.13. The molecule has 1 aliphatic rings. The Morgan fingerprint density at radius 1 is 1.33 bits per heavy atom. The van der Waals surface area contributed by atoms with E-state index in [2.05, 4.69) is 4.98 Å². The molecule has 2 heterocycles. The molecular weight excluding hydrogens is 282 g/mol. The van der Waals surface area contributed by atoms with Crippen LogP contribution in [0.3, 0.4) is 0 Å². The van der Waals surface area contributed by atoms with Crippen molar-refractivity contribution >= 4 is 34.0 Å². The minimum Gasteiger partial charge on any atom is -0.393 e. The highest BCUT2D eigenvalue weighted by Crippen LogP contribution is 2.21. The van der Waals surface area contributed by atoms with E-state index in [0.29, 0.717) is 11.4 Å². The maximum absolute atomic E-state index is 12.4. The minimum absolute atomic E-state index is 0.182. The lowest BCUT2D eigenvalue weighted by Gasteiger charge is -2.31. The number of benzene rings is 1. The first-order valence-electron chi connectivity index (χ1n) is 7.27. The van der Waals surface area contributed by atoms with Crippen LogP contribution in [0, 0.1) is 5.92 Å². The molecule has 1 amide bonds. The number of nitrogens with two attached hydrogens (primary N) is 1. The number of hydrogen-bond acceptors (Lipinski definition) is 2. The summed E-state index contributed by atoms with van der Waals surface area (Å²) in [5.74, 6) is 0.471. The second kappa shape index (κ2) is 5.85. The lowest BCUT2D eigenvalue weighted by molar-refractivity contribution is -0.131. The lowest BCUT2D eigenvalue weighted by atomic mass is 9.96. The fourth-order valence-electron chi connectivity index (χ4n) is 2.97. The summed E-state index contributed by atoms with van der Waals surface area (Å²) in [5.41, 5.74) is 7.82. The van der Waals surface area contributed by atoms with Gasteiger partial charge in [-0.05, 0) is 24.5 Å². The second-order valence-corrected chi connectivity index (χ2v) is 6.07. The van der Waals surface area contributed by atoms with Crippen molar-refractivity contribution in [3.63, 3.8) is 0 Å². The molecule has 21 heavy (non-hydrogen) atoms. The quantitative estimate of drug-likeness (QED) is 0.855. The molecule has 0 bridgehead atoms. The number of thiocarbonyl (C=S) groups is 1. The number of carbonyl (C=O) groups excluding carboxylic acids is 1. The van der Waals surface area contributed by atoms with Crippen LogP contribution in [-0.2, 0) is 11.2 Å². The number of hydrogen-bond donors (Lipinski definition) is 2. The van der Waals surface area contributed by atoms with Crippen molar-refractivity contribution in [2.24, 2.45) is 11.7 Å². The van der Waals surface area contributed by atoms with E-state index in [-0.39, 0.29) is 11.8 Å². The largest absolute Gasteiger partial charge is 0.393 e. The van der Waals surface area contributed by atoms with Gasteiger partial charge >= 0.3 is 0 Å². The van der Waals surface area contributed by atoms with E-state index in [9.17, 15) is 4.79 Å². The van der Waals surface area contributed by atoms with E-state index < -0.39 is 0 Å². The number of fused-ring (bicyclic) bond motifs is 1. The van der Waals surface area contributed by atoms with Crippen molar-refractivity contribution in [1.29, 1.82) is 0 Å². The Labute approximate surface area is 129 Å². The normalized spacial score (nSPS) is 16.3. The van der Waals surface area contributed by atoms with Gasteiger partial charge in [-0.2, -0.15) is 0 Å². The minimum atomic E-state index is 0.182. The molecule has 1 saturated heterocycles.